The van der Waals surface area contributed by atoms with Gasteiger partial charge < -0.3 is 9.47 Å². The van der Waals surface area contributed by atoms with Crippen LogP contribution in [-0.4, -0.2) is 29.1 Å². The number of nitrogens with zero attached hydrogens (tertiary/aromatic N) is 1. The number of esters is 1. The van der Waals surface area contributed by atoms with E-state index >= 15 is 0 Å². The Morgan fingerprint density at radius 1 is 1.00 bits per heavy atom. The first kappa shape index (κ1) is 24.9. The standard InChI is InChI=1S/C26H19Cl2NO5S/c1-15-5-3-6-17(11-15)25(31)34-21-10-9-16(12-22(21)33-2)13-23-24(30)29(26(32)35-23)14-18-19(27)7-4-8-20(18)28/h3-13H,14H2,1-2H3/b23-13-. The van der Waals surface area contributed by atoms with E-state index in [1.54, 1.807) is 60.7 Å². The van der Waals surface area contributed by atoms with Crippen molar-refractivity contribution in [2.75, 3.05) is 7.11 Å². The van der Waals surface area contributed by atoms with E-state index in [0.717, 1.165) is 22.2 Å². The van der Waals surface area contributed by atoms with Crippen molar-refractivity contribution in [2.45, 2.75) is 13.5 Å². The first-order valence-corrected chi connectivity index (χ1v) is 12.0. The van der Waals surface area contributed by atoms with Crippen LogP contribution in [-0.2, 0) is 11.3 Å². The number of thioether (sulfide) groups is 1. The monoisotopic (exact) mass is 527 g/mol. The Bertz CT molecular complexity index is 1350. The average molecular weight is 528 g/mol. The minimum absolute atomic E-state index is 0.0301. The average Bonchev–Trinajstić information content (AvgIpc) is 3.09. The van der Waals surface area contributed by atoms with E-state index in [1.165, 1.54) is 7.11 Å². The number of halogens is 2. The van der Waals surface area contributed by atoms with Crippen LogP contribution in [0.15, 0.2) is 65.6 Å². The number of amides is 2. The number of carbonyl (C=O) groups excluding carboxylic acids is 3. The number of hydrogen-bond donors (Lipinski definition) is 0. The molecule has 4 rings (SSSR count). The molecule has 0 aliphatic carbocycles. The fourth-order valence-corrected chi connectivity index (χ4v) is 4.77. The third-order valence-corrected chi connectivity index (χ3v) is 6.81. The number of ether oxygens (including phenoxy) is 2. The van der Waals surface area contributed by atoms with Crippen LogP contribution in [0.5, 0.6) is 11.5 Å². The summed E-state index contributed by atoms with van der Waals surface area (Å²) in [7, 11) is 1.45. The van der Waals surface area contributed by atoms with Crippen LogP contribution < -0.4 is 9.47 Å². The molecule has 0 atom stereocenters. The molecule has 35 heavy (non-hydrogen) atoms. The van der Waals surface area contributed by atoms with Crippen molar-refractivity contribution in [2.24, 2.45) is 0 Å². The number of hydrogen-bond acceptors (Lipinski definition) is 6. The number of carbonyl (C=O) groups is 3. The van der Waals surface area contributed by atoms with Crippen LogP contribution in [0, 0.1) is 6.92 Å². The Morgan fingerprint density at radius 3 is 2.40 bits per heavy atom. The second-order valence-electron chi connectivity index (χ2n) is 7.64. The van der Waals surface area contributed by atoms with Gasteiger partial charge in [-0.1, -0.05) is 53.0 Å². The van der Waals surface area contributed by atoms with Gasteiger partial charge in [-0.2, -0.15) is 0 Å². The van der Waals surface area contributed by atoms with Crippen molar-refractivity contribution in [3.63, 3.8) is 0 Å². The summed E-state index contributed by atoms with van der Waals surface area (Å²) in [6.45, 7) is 1.86. The maximum atomic E-state index is 12.9. The maximum Gasteiger partial charge on any atom is 0.343 e. The molecular formula is C26H19Cl2NO5S. The van der Waals surface area contributed by atoms with E-state index in [1.807, 2.05) is 13.0 Å². The molecule has 1 saturated heterocycles. The highest BCUT2D eigenvalue weighted by molar-refractivity contribution is 8.18. The Hall–Kier alpha value is -3.26. The number of aryl methyl sites for hydroxylation is 1. The minimum Gasteiger partial charge on any atom is -0.493 e. The largest absolute Gasteiger partial charge is 0.493 e. The Balaban J connectivity index is 1.54. The van der Waals surface area contributed by atoms with Crippen molar-refractivity contribution in [3.05, 3.63) is 97.9 Å². The van der Waals surface area contributed by atoms with Gasteiger partial charge in [-0.05, 0) is 66.7 Å². The Kier molecular flexibility index (Phi) is 7.50. The topological polar surface area (TPSA) is 72.9 Å². The zero-order valence-electron chi connectivity index (χ0n) is 18.7. The smallest absolute Gasteiger partial charge is 0.343 e. The van der Waals surface area contributed by atoms with Crippen LogP contribution in [0.2, 0.25) is 10.0 Å². The van der Waals surface area contributed by atoms with Gasteiger partial charge >= 0.3 is 5.97 Å². The molecule has 0 saturated carbocycles. The Morgan fingerprint density at radius 2 is 1.71 bits per heavy atom. The first-order chi connectivity index (χ1) is 16.8. The van der Waals surface area contributed by atoms with Crippen molar-refractivity contribution < 1.29 is 23.9 Å². The van der Waals surface area contributed by atoms with Gasteiger partial charge in [0, 0.05) is 15.6 Å². The first-order valence-electron chi connectivity index (χ1n) is 10.4. The van der Waals surface area contributed by atoms with E-state index in [4.69, 9.17) is 32.7 Å². The molecule has 3 aromatic rings. The summed E-state index contributed by atoms with van der Waals surface area (Å²) < 4.78 is 10.9. The van der Waals surface area contributed by atoms with Crippen molar-refractivity contribution >= 4 is 58.2 Å². The van der Waals surface area contributed by atoms with Crippen LogP contribution in [0.1, 0.15) is 27.0 Å². The van der Waals surface area contributed by atoms with Crippen LogP contribution in [0.3, 0.4) is 0 Å². The molecule has 0 radical (unpaired) electrons. The molecule has 1 aliphatic heterocycles. The maximum absolute atomic E-state index is 12.9. The summed E-state index contributed by atoms with van der Waals surface area (Å²) >= 11 is 13.2. The van der Waals surface area contributed by atoms with Gasteiger partial charge in [-0.25, -0.2) is 4.79 Å². The second kappa shape index (κ2) is 10.6. The highest BCUT2D eigenvalue weighted by Gasteiger charge is 2.35. The SMILES string of the molecule is COc1cc(/C=C2\SC(=O)N(Cc3c(Cl)cccc3Cl)C2=O)ccc1OC(=O)c1cccc(C)c1. The van der Waals surface area contributed by atoms with Gasteiger partial charge in [0.05, 0.1) is 24.1 Å². The number of imide groups is 1. The van der Waals surface area contributed by atoms with E-state index in [9.17, 15) is 14.4 Å². The molecule has 0 bridgehead atoms. The summed E-state index contributed by atoms with van der Waals surface area (Å²) in [6, 6.07) is 16.9. The summed E-state index contributed by atoms with van der Waals surface area (Å²) in [5.74, 6) is -0.427. The molecule has 178 valence electrons. The zero-order chi connectivity index (χ0) is 25.1. The highest BCUT2D eigenvalue weighted by Crippen LogP contribution is 2.37. The fourth-order valence-electron chi connectivity index (χ4n) is 3.42. The van der Waals surface area contributed by atoms with Crippen molar-refractivity contribution in [1.29, 1.82) is 0 Å². The molecule has 1 fully saturated rings. The molecule has 2 amide bonds. The lowest BCUT2D eigenvalue weighted by Gasteiger charge is -2.14. The molecular weight excluding hydrogens is 509 g/mol. The van der Waals surface area contributed by atoms with Crippen molar-refractivity contribution in [1.82, 2.24) is 4.90 Å². The summed E-state index contributed by atoms with van der Waals surface area (Å²) in [6.07, 6.45) is 1.58. The predicted octanol–water partition coefficient (Wildman–Crippen LogP) is 6.77. The third kappa shape index (κ3) is 5.53. The number of benzene rings is 3. The van der Waals surface area contributed by atoms with Gasteiger partial charge in [0.2, 0.25) is 0 Å². The van der Waals surface area contributed by atoms with Crippen LogP contribution in [0.25, 0.3) is 6.08 Å². The number of rotatable bonds is 6. The summed E-state index contributed by atoms with van der Waals surface area (Å²) in [4.78, 5) is 39.3. The van der Waals surface area contributed by atoms with Crippen LogP contribution >= 0.6 is 35.0 Å². The molecule has 0 N–H and O–H groups in total. The van der Waals surface area contributed by atoms with Gasteiger partial charge in [-0.3, -0.25) is 14.5 Å². The molecule has 1 heterocycles. The van der Waals surface area contributed by atoms with E-state index in [2.05, 4.69) is 0 Å². The Labute approximate surface area is 216 Å². The van der Waals surface area contributed by atoms with Gasteiger partial charge in [-0.15, -0.1) is 0 Å². The molecule has 1 aliphatic rings. The van der Waals surface area contributed by atoms with E-state index in [0.29, 0.717) is 32.5 Å². The predicted molar refractivity (Wildman–Crippen MR) is 137 cm³/mol. The second-order valence-corrected chi connectivity index (χ2v) is 9.44. The molecule has 6 nitrogen and oxygen atoms in total. The molecule has 3 aromatic carbocycles. The van der Waals surface area contributed by atoms with Crippen LogP contribution in [0.4, 0.5) is 4.79 Å². The lowest BCUT2D eigenvalue weighted by atomic mass is 10.1. The molecule has 0 unspecified atom stereocenters. The summed E-state index contributed by atoms with van der Waals surface area (Å²) in [5, 5.41) is 0.329. The fraction of sp³-hybridized carbons (Fsp3) is 0.115. The lowest BCUT2D eigenvalue weighted by molar-refractivity contribution is -0.123. The number of methoxy groups -OCH3 is 1. The highest BCUT2D eigenvalue weighted by atomic mass is 35.5. The van der Waals surface area contributed by atoms with Gasteiger partial charge in [0.1, 0.15) is 0 Å². The quantitative estimate of drug-likeness (QED) is 0.200. The van der Waals surface area contributed by atoms with Crippen molar-refractivity contribution in [3.8, 4) is 11.5 Å². The lowest BCUT2D eigenvalue weighted by Crippen LogP contribution is -2.27. The summed E-state index contributed by atoms with van der Waals surface area (Å²) in [5.41, 5.74) is 2.45. The zero-order valence-corrected chi connectivity index (χ0v) is 21.0. The normalized spacial score (nSPS) is 14.5. The van der Waals surface area contributed by atoms with Gasteiger partial charge in [0.15, 0.2) is 11.5 Å². The van der Waals surface area contributed by atoms with Gasteiger partial charge in [0.25, 0.3) is 11.1 Å². The minimum atomic E-state index is -0.515. The third-order valence-electron chi connectivity index (χ3n) is 5.19. The molecule has 9 heteroatoms. The molecule has 0 aromatic heterocycles. The molecule has 0 spiro atoms. The van der Waals surface area contributed by atoms with E-state index < -0.39 is 17.1 Å². The van der Waals surface area contributed by atoms with E-state index in [-0.39, 0.29) is 17.2 Å².